The van der Waals surface area contributed by atoms with Gasteiger partial charge in [-0.25, -0.2) is 0 Å². The number of hydrogen-bond donors (Lipinski definition) is 3. The van der Waals surface area contributed by atoms with Gasteiger partial charge in [0.1, 0.15) is 0 Å². The molecule has 6 heteroatoms. The van der Waals surface area contributed by atoms with Crippen LogP contribution in [0.1, 0.15) is 38.2 Å². The van der Waals surface area contributed by atoms with E-state index in [2.05, 4.69) is 29.7 Å². The van der Waals surface area contributed by atoms with Crippen LogP contribution in [0.3, 0.4) is 0 Å². The zero-order valence-electron chi connectivity index (χ0n) is 15.4. The van der Waals surface area contributed by atoms with Gasteiger partial charge in [0.25, 0.3) is 0 Å². The Hall–Kier alpha value is -1.66. The summed E-state index contributed by atoms with van der Waals surface area (Å²) in [5, 5.41) is 17.0. The lowest BCUT2D eigenvalue weighted by atomic mass is 9.74. The average Bonchev–Trinajstić information content (AvgIpc) is 2.62. The summed E-state index contributed by atoms with van der Waals surface area (Å²) in [5.74, 6) is 0.186. The number of carbonyl (C=O) groups is 1. The molecule has 1 aromatic carbocycles. The molecule has 26 heavy (non-hydrogen) atoms. The molecule has 3 N–H and O–H groups in total. The van der Waals surface area contributed by atoms with Gasteiger partial charge in [0.05, 0.1) is 0 Å². The summed E-state index contributed by atoms with van der Waals surface area (Å²) >= 11 is 5.20. The molecule has 2 aliphatic rings. The largest absolute Gasteiger partial charge is 0.396 e. The second kappa shape index (κ2) is 8.35. The summed E-state index contributed by atoms with van der Waals surface area (Å²) in [6.45, 7) is 3.70. The molecule has 0 saturated carbocycles. The molecule has 2 atom stereocenters. The number of nitrogens with one attached hydrogen (secondary N) is 2. The molecule has 0 aromatic heterocycles. The van der Waals surface area contributed by atoms with Crippen molar-refractivity contribution < 1.29 is 9.90 Å². The summed E-state index contributed by atoms with van der Waals surface area (Å²) in [5.41, 5.74) is 1.14. The highest BCUT2D eigenvalue weighted by molar-refractivity contribution is 7.80. The van der Waals surface area contributed by atoms with Crippen molar-refractivity contribution in [2.45, 2.75) is 51.1 Å². The zero-order chi connectivity index (χ0) is 18.6. The minimum Gasteiger partial charge on any atom is -0.396 e. The first kappa shape index (κ1) is 19.1. The van der Waals surface area contributed by atoms with E-state index in [4.69, 9.17) is 12.2 Å². The lowest BCUT2D eigenvalue weighted by Gasteiger charge is -2.41. The molecule has 0 aliphatic carbocycles. The summed E-state index contributed by atoms with van der Waals surface area (Å²) in [4.78, 5) is 14.7. The maximum absolute atomic E-state index is 12.7. The molecule has 1 aromatic rings. The van der Waals surface area contributed by atoms with E-state index >= 15 is 0 Å². The Morgan fingerprint density at radius 2 is 1.96 bits per heavy atom. The Labute approximate surface area is 161 Å². The van der Waals surface area contributed by atoms with E-state index in [9.17, 15) is 9.90 Å². The van der Waals surface area contributed by atoms with E-state index < -0.39 is 0 Å². The second-order valence-corrected chi connectivity index (χ2v) is 8.27. The Balaban J connectivity index is 1.53. The molecule has 2 saturated heterocycles. The molecule has 0 bridgehead atoms. The van der Waals surface area contributed by atoms with Gasteiger partial charge in [0.15, 0.2) is 5.11 Å². The minimum atomic E-state index is -0.110. The quantitative estimate of drug-likeness (QED) is 0.686. The Kier molecular flexibility index (Phi) is 6.14. The number of thiocarbonyl (C=S) groups is 1. The number of aliphatic hydroxyl groups is 1. The van der Waals surface area contributed by atoms with Gasteiger partial charge in [-0.1, -0.05) is 30.3 Å². The third-order valence-corrected chi connectivity index (χ3v) is 5.94. The topological polar surface area (TPSA) is 64.6 Å². The monoisotopic (exact) mass is 375 g/mol. The number of benzene rings is 1. The van der Waals surface area contributed by atoms with E-state index in [1.807, 2.05) is 23.1 Å². The van der Waals surface area contributed by atoms with Crippen LogP contribution >= 0.6 is 12.2 Å². The van der Waals surface area contributed by atoms with Gasteiger partial charge in [0, 0.05) is 43.6 Å². The van der Waals surface area contributed by atoms with Crippen LogP contribution < -0.4 is 10.6 Å². The average molecular weight is 376 g/mol. The van der Waals surface area contributed by atoms with Crippen molar-refractivity contribution in [3.63, 3.8) is 0 Å². The maximum Gasteiger partial charge on any atom is 0.224 e. The van der Waals surface area contributed by atoms with Crippen LogP contribution in [0.5, 0.6) is 0 Å². The van der Waals surface area contributed by atoms with Crippen molar-refractivity contribution in [3.8, 4) is 0 Å². The molecule has 142 valence electrons. The second-order valence-electron chi connectivity index (χ2n) is 7.86. The predicted molar refractivity (Wildman–Crippen MR) is 107 cm³/mol. The van der Waals surface area contributed by atoms with E-state index in [1.165, 1.54) is 5.56 Å². The number of carbonyl (C=O) groups excluding carboxylic acids is 1. The van der Waals surface area contributed by atoms with Crippen LogP contribution in [-0.2, 0) is 11.2 Å². The summed E-state index contributed by atoms with van der Waals surface area (Å²) < 4.78 is 0. The summed E-state index contributed by atoms with van der Waals surface area (Å²) in [6.07, 6.45) is 3.94. The van der Waals surface area contributed by atoms with Crippen LogP contribution in [0.15, 0.2) is 30.3 Å². The molecule has 2 aliphatic heterocycles. The molecule has 1 amide bonds. The molecule has 2 heterocycles. The molecular weight excluding hydrogens is 346 g/mol. The highest BCUT2D eigenvalue weighted by Gasteiger charge is 2.36. The van der Waals surface area contributed by atoms with E-state index in [-0.39, 0.29) is 24.0 Å². The number of nitrogens with zero attached hydrogens (tertiary/aromatic N) is 1. The molecule has 0 spiro atoms. The van der Waals surface area contributed by atoms with Gasteiger partial charge >= 0.3 is 0 Å². The number of rotatable bonds is 5. The predicted octanol–water partition coefficient (Wildman–Crippen LogP) is 1.85. The van der Waals surface area contributed by atoms with Crippen LogP contribution in [0.2, 0.25) is 0 Å². The van der Waals surface area contributed by atoms with Crippen LogP contribution in [-0.4, -0.2) is 52.8 Å². The van der Waals surface area contributed by atoms with Gasteiger partial charge in [-0.3, -0.25) is 4.79 Å². The van der Waals surface area contributed by atoms with E-state index in [0.717, 1.165) is 38.8 Å². The fourth-order valence-corrected chi connectivity index (χ4v) is 4.49. The SMILES string of the molecule is C[C@@H]1C[C@@H](CC(=O)N2CCC(CO)(Cc3ccccc3)CC2)NC(=S)N1. The van der Waals surface area contributed by atoms with Gasteiger partial charge in [-0.15, -0.1) is 0 Å². The molecule has 2 fully saturated rings. The first-order chi connectivity index (χ1) is 12.5. The number of aliphatic hydroxyl groups excluding tert-OH is 1. The number of amides is 1. The van der Waals surface area contributed by atoms with Crippen LogP contribution in [0, 0.1) is 5.41 Å². The van der Waals surface area contributed by atoms with Crippen molar-refractivity contribution >= 4 is 23.2 Å². The first-order valence-corrected chi connectivity index (χ1v) is 9.90. The maximum atomic E-state index is 12.7. The van der Waals surface area contributed by atoms with Crippen LogP contribution in [0.4, 0.5) is 0 Å². The molecule has 0 radical (unpaired) electrons. The summed E-state index contributed by atoms with van der Waals surface area (Å²) in [6, 6.07) is 10.7. The first-order valence-electron chi connectivity index (χ1n) is 9.49. The standard InChI is InChI=1S/C20H29N3O2S/c1-15-11-17(22-19(26)21-15)12-18(25)23-9-7-20(14-24,8-10-23)13-16-5-3-2-4-6-16/h2-6,15,17,24H,7-14H2,1H3,(H2,21,22,26)/t15-,17+/m1/s1. The molecule has 3 rings (SSSR count). The lowest BCUT2D eigenvalue weighted by Crippen LogP contribution is -2.55. The third-order valence-electron chi connectivity index (χ3n) is 5.71. The highest BCUT2D eigenvalue weighted by Crippen LogP contribution is 2.35. The van der Waals surface area contributed by atoms with Crippen molar-refractivity contribution in [2.75, 3.05) is 19.7 Å². The minimum absolute atomic E-state index is 0.110. The highest BCUT2D eigenvalue weighted by atomic mass is 32.1. The molecule has 5 nitrogen and oxygen atoms in total. The number of hydrogen-bond acceptors (Lipinski definition) is 3. The number of likely N-dealkylation sites (tertiary alicyclic amines) is 1. The normalized spacial score (nSPS) is 25.3. The Morgan fingerprint density at radius 1 is 1.27 bits per heavy atom. The molecular formula is C20H29N3O2S. The molecule has 0 unspecified atom stereocenters. The number of piperidine rings is 1. The summed E-state index contributed by atoms with van der Waals surface area (Å²) in [7, 11) is 0. The zero-order valence-corrected chi connectivity index (χ0v) is 16.2. The van der Waals surface area contributed by atoms with Gasteiger partial charge in [-0.05, 0) is 50.4 Å². The van der Waals surface area contributed by atoms with Crippen LogP contribution in [0.25, 0.3) is 0 Å². The fraction of sp³-hybridized carbons (Fsp3) is 0.600. The van der Waals surface area contributed by atoms with Crippen molar-refractivity contribution in [2.24, 2.45) is 5.41 Å². The third kappa shape index (κ3) is 4.74. The van der Waals surface area contributed by atoms with E-state index in [0.29, 0.717) is 17.6 Å². The van der Waals surface area contributed by atoms with E-state index in [1.54, 1.807) is 0 Å². The van der Waals surface area contributed by atoms with Gasteiger partial charge in [0.2, 0.25) is 5.91 Å². The Morgan fingerprint density at radius 3 is 2.58 bits per heavy atom. The van der Waals surface area contributed by atoms with Gasteiger partial charge < -0.3 is 20.6 Å². The van der Waals surface area contributed by atoms with Crippen molar-refractivity contribution in [1.29, 1.82) is 0 Å². The van der Waals surface area contributed by atoms with Crippen molar-refractivity contribution in [1.82, 2.24) is 15.5 Å². The van der Waals surface area contributed by atoms with Crippen molar-refractivity contribution in [3.05, 3.63) is 35.9 Å². The fourth-order valence-electron chi connectivity index (χ4n) is 4.12. The lowest BCUT2D eigenvalue weighted by molar-refractivity contribution is -0.134. The smallest absolute Gasteiger partial charge is 0.224 e. The van der Waals surface area contributed by atoms with Gasteiger partial charge in [-0.2, -0.15) is 0 Å². The Bertz CT molecular complexity index is 629.